The van der Waals surface area contributed by atoms with Crippen LogP contribution in [0, 0.1) is 0 Å². The summed E-state index contributed by atoms with van der Waals surface area (Å²) in [6.07, 6.45) is 3.06. The van der Waals surface area contributed by atoms with Crippen LogP contribution in [0.3, 0.4) is 0 Å². The topological polar surface area (TPSA) is 64.4 Å². The van der Waals surface area contributed by atoms with Gasteiger partial charge in [-0.1, -0.05) is 17.3 Å². The molecule has 0 saturated carbocycles. The minimum atomic E-state index is -0.117. The molecule has 1 aliphatic rings. The van der Waals surface area contributed by atoms with Gasteiger partial charge in [0.05, 0.1) is 12.1 Å². The Morgan fingerprint density at radius 1 is 1.26 bits per heavy atom. The number of nitrogens with one attached hydrogen (secondary N) is 1. The van der Waals surface area contributed by atoms with Crippen molar-refractivity contribution >= 4 is 17.7 Å². The molecule has 0 bridgehead atoms. The quantitative estimate of drug-likeness (QED) is 0.668. The molecule has 0 fully saturated rings. The predicted molar refractivity (Wildman–Crippen MR) is 105 cm³/mol. The van der Waals surface area contributed by atoms with E-state index in [0.717, 1.165) is 22.6 Å². The van der Waals surface area contributed by atoms with Gasteiger partial charge in [-0.3, -0.25) is 4.79 Å². The fourth-order valence-electron chi connectivity index (χ4n) is 3.20. The van der Waals surface area contributed by atoms with Crippen molar-refractivity contribution in [2.45, 2.75) is 30.9 Å². The van der Waals surface area contributed by atoms with E-state index >= 15 is 0 Å². The Hall–Kier alpha value is -2.73. The summed E-state index contributed by atoms with van der Waals surface area (Å²) in [7, 11) is 0. The normalized spacial score (nSPS) is 15.3. The van der Waals surface area contributed by atoms with Crippen molar-refractivity contribution in [3.8, 4) is 17.1 Å². The van der Waals surface area contributed by atoms with E-state index in [0.29, 0.717) is 23.6 Å². The molecule has 0 saturated heterocycles. The first-order chi connectivity index (χ1) is 13.1. The Bertz CT molecular complexity index is 983. The van der Waals surface area contributed by atoms with Gasteiger partial charge in [-0.15, -0.1) is 11.8 Å². The van der Waals surface area contributed by atoms with Crippen molar-refractivity contribution in [2.24, 2.45) is 0 Å². The summed E-state index contributed by atoms with van der Waals surface area (Å²) in [5, 5.41) is 6.99. The Balaban J connectivity index is 1.44. The summed E-state index contributed by atoms with van der Waals surface area (Å²) in [5.74, 6) is 1.50. The summed E-state index contributed by atoms with van der Waals surface area (Å²) < 4.78 is 11.2. The molecule has 0 unspecified atom stereocenters. The number of thioether (sulfide) groups is 1. The van der Waals surface area contributed by atoms with Gasteiger partial charge in [0.2, 0.25) is 0 Å². The van der Waals surface area contributed by atoms with Crippen LogP contribution in [0.4, 0.5) is 0 Å². The highest BCUT2D eigenvalue weighted by atomic mass is 32.2. The fourth-order valence-corrected chi connectivity index (χ4v) is 3.80. The monoisotopic (exact) mass is 380 g/mol. The van der Waals surface area contributed by atoms with Crippen molar-refractivity contribution in [1.82, 2.24) is 10.5 Å². The number of hydrogen-bond acceptors (Lipinski definition) is 5. The van der Waals surface area contributed by atoms with Crippen LogP contribution >= 0.6 is 11.8 Å². The molecule has 6 heteroatoms. The van der Waals surface area contributed by atoms with Gasteiger partial charge in [-0.05, 0) is 49.1 Å². The number of carbonyl (C=O) groups is 1. The third-order valence-corrected chi connectivity index (χ3v) is 5.32. The van der Waals surface area contributed by atoms with E-state index < -0.39 is 0 Å². The van der Waals surface area contributed by atoms with Gasteiger partial charge >= 0.3 is 0 Å². The first kappa shape index (κ1) is 17.7. The van der Waals surface area contributed by atoms with Crippen LogP contribution in [-0.2, 0) is 13.0 Å². The number of benzene rings is 2. The Morgan fingerprint density at radius 2 is 2.11 bits per heavy atom. The van der Waals surface area contributed by atoms with Crippen LogP contribution in [-0.4, -0.2) is 23.4 Å². The third-order valence-electron chi connectivity index (χ3n) is 4.52. The summed E-state index contributed by atoms with van der Waals surface area (Å²) in [5.41, 5.74) is 3.50. The standard InChI is InChI=1S/C21H20N2O3S/c1-13-9-15-10-14(7-8-18(15)25-13)19-11-16(23-26-19)12-22-21(24)17-5-3-4-6-20(17)27-2/h3-8,10-11,13H,9,12H2,1-2H3,(H,22,24)/t13-/m0/s1. The van der Waals surface area contributed by atoms with E-state index in [9.17, 15) is 4.79 Å². The number of nitrogens with zero attached hydrogens (tertiary/aromatic N) is 1. The second kappa shape index (κ2) is 7.48. The molecule has 1 aliphatic heterocycles. The number of hydrogen-bond donors (Lipinski definition) is 1. The molecule has 0 spiro atoms. The van der Waals surface area contributed by atoms with Gasteiger partial charge in [0.15, 0.2) is 5.76 Å². The molecule has 1 atom stereocenters. The van der Waals surface area contributed by atoms with Crippen molar-refractivity contribution in [1.29, 1.82) is 0 Å². The number of fused-ring (bicyclic) bond motifs is 1. The van der Waals surface area contributed by atoms with Crippen LogP contribution in [0.5, 0.6) is 5.75 Å². The van der Waals surface area contributed by atoms with E-state index in [4.69, 9.17) is 9.26 Å². The lowest BCUT2D eigenvalue weighted by molar-refractivity contribution is 0.0947. The zero-order valence-electron chi connectivity index (χ0n) is 15.2. The maximum absolute atomic E-state index is 12.4. The lowest BCUT2D eigenvalue weighted by atomic mass is 10.1. The molecule has 0 aliphatic carbocycles. The van der Waals surface area contributed by atoms with E-state index in [1.165, 1.54) is 5.56 Å². The molecule has 0 radical (unpaired) electrons. The van der Waals surface area contributed by atoms with Crippen molar-refractivity contribution in [3.63, 3.8) is 0 Å². The number of carbonyl (C=O) groups excluding carboxylic acids is 1. The highest BCUT2D eigenvalue weighted by Gasteiger charge is 2.20. The van der Waals surface area contributed by atoms with Crippen LogP contribution in [0.25, 0.3) is 11.3 Å². The van der Waals surface area contributed by atoms with Gasteiger partial charge in [-0.25, -0.2) is 0 Å². The van der Waals surface area contributed by atoms with E-state index in [1.54, 1.807) is 11.8 Å². The van der Waals surface area contributed by atoms with E-state index in [2.05, 4.69) is 23.5 Å². The van der Waals surface area contributed by atoms with Gasteiger partial charge < -0.3 is 14.6 Å². The second-order valence-corrected chi connectivity index (χ2v) is 7.37. The maximum atomic E-state index is 12.4. The molecule has 1 aromatic heterocycles. The van der Waals surface area contributed by atoms with Gasteiger partial charge in [0.1, 0.15) is 17.5 Å². The molecule has 1 N–H and O–H groups in total. The first-order valence-corrected chi connectivity index (χ1v) is 10.0. The average Bonchev–Trinajstić information content (AvgIpc) is 3.30. The SMILES string of the molecule is CSc1ccccc1C(=O)NCc1cc(-c2ccc3c(c2)C[C@H](C)O3)on1. The van der Waals surface area contributed by atoms with Crippen LogP contribution < -0.4 is 10.1 Å². The molecule has 2 aromatic carbocycles. The molecule has 4 rings (SSSR count). The molecule has 27 heavy (non-hydrogen) atoms. The molecule has 138 valence electrons. The molecule has 5 nitrogen and oxygen atoms in total. The van der Waals surface area contributed by atoms with Gasteiger partial charge in [0, 0.05) is 22.9 Å². The minimum absolute atomic E-state index is 0.117. The zero-order valence-corrected chi connectivity index (χ0v) is 16.0. The Morgan fingerprint density at radius 3 is 2.96 bits per heavy atom. The fraction of sp³-hybridized carbons (Fsp3) is 0.238. The second-order valence-electron chi connectivity index (χ2n) is 6.52. The van der Waals surface area contributed by atoms with E-state index in [-0.39, 0.29) is 12.0 Å². The maximum Gasteiger partial charge on any atom is 0.252 e. The summed E-state index contributed by atoms with van der Waals surface area (Å²) >= 11 is 1.55. The molecule has 2 heterocycles. The van der Waals surface area contributed by atoms with Crippen LogP contribution in [0.2, 0.25) is 0 Å². The summed E-state index contributed by atoms with van der Waals surface area (Å²) in [4.78, 5) is 13.4. The molecule has 1 amide bonds. The summed E-state index contributed by atoms with van der Waals surface area (Å²) in [6.45, 7) is 2.38. The number of amides is 1. The van der Waals surface area contributed by atoms with Crippen LogP contribution in [0.15, 0.2) is 57.9 Å². The predicted octanol–water partition coefficient (Wildman–Crippen LogP) is 4.32. The summed E-state index contributed by atoms with van der Waals surface area (Å²) in [6, 6.07) is 15.4. The Kier molecular flexibility index (Phi) is 4.90. The largest absolute Gasteiger partial charge is 0.490 e. The average molecular weight is 380 g/mol. The zero-order chi connectivity index (χ0) is 18.8. The number of aromatic nitrogens is 1. The smallest absolute Gasteiger partial charge is 0.252 e. The van der Waals surface area contributed by atoms with Gasteiger partial charge in [-0.2, -0.15) is 0 Å². The van der Waals surface area contributed by atoms with Crippen molar-refractivity contribution in [2.75, 3.05) is 6.26 Å². The minimum Gasteiger partial charge on any atom is -0.490 e. The van der Waals surface area contributed by atoms with E-state index in [1.807, 2.05) is 48.7 Å². The van der Waals surface area contributed by atoms with Crippen LogP contribution in [0.1, 0.15) is 28.5 Å². The van der Waals surface area contributed by atoms with Gasteiger partial charge in [0.25, 0.3) is 5.91 Å². The lowest BCUT2D eigenvalue weighted by Gasteiger charge is -2.06. The molecular formula is C21H20N2O3S. The molecular weight excluding hydrogens is 360 g/mol. The Labute approximate surface area is 162 Å². The number of rotatable bonds is 5. The molecule has 3 aromatic rings. The van der Waals surface area contributed by atoms with Crippen molar-refractivity contribution < 1.29 is 14.1 Å². The highest BCUT2D eigenvalue weighted by molar-refractivity contribution is 7.98. The first-order valence-electron chi connectivity index (χ1n) is 8.81. The van der Waals surface area contributed by atoms with Crippen molar-refractivity contribution in [3.05, 3.63) is 65.4 Å². The highest BCUT2D eigenvalue weighted by Crippen LogP contribution is 2.33. The lowest BCUT2D eigenvalue weighted by Crippen LogP contribution is -2.23. The third kappa shape index (κ3) is 3.71. The number of ether oxygens (including phenoxy) is 1.